The number of rotatable bonds is 3. The van der Waals surface area contributed by atoms with E-state index in [4.69, 9.17) is 4.84 Å². The fourth-order valence-corrected chi connectivity index (χ4v) is 0.704. The maximum Gasteiger partial charge on any atom is 0.123 e. The van der Waals surface area contributed by atoms with Crippen molar-refractivity contribution in [3.8, 4) is 0 Å². The molecule has 0 radical (unpaired) electrons. The van der Waals surface area contributed by atoms with Gasteiger partial charge in [-0.3, -0.25) is 10.3 Å². The van der Waals surface area contributed by atoms with Gasteiger partial charge in [-0.2, -0.15) is 0 Å². The first-order valence-electron chi connectivity index (χ1n) is 3.85. The van der Waals surface area contributed by atoms with Gasteiger partial charge in [0, 0.05) is 0 Å². The molecule has 0 aromatic heterocycles. The summed E-state index contributed by atoms with van der Waals surface area (Å²) >= 11 is 0. The minimum atomic E-state index is -0.245. The van der Waals surface area contributed by atoms with Crippen molar-refractivity contribution < 1.29 is 9.23 Å². The van der Waals surface area contributed by atoms with Crippen molar-refractivity contribution >= 4 is 5.69 Å². The minimum absolute atomic E-state index is 0.107. The third-order valence-electron chi connectivity index (χ3n) is 1.26. The summed E-state index contributed by atoms with van der Waals surface area (Å²) in [5.74, 6) is -0.245. The lowest BCUT2D eigenvalue weighted by atomic mass is 10.3. The highest BCUT2D eigenvalue weighted by molar-refractivity contribution is 5.40. The van der Waals surface area contributed by atoms with Gasteiger partial charge in [0.25, 0.3) is 0 Å². The second-order valence-electron chi connectivity index (χ2n) is 2.78. The van der Waals surface area contributed by atoms with Crippen LogP contribution < -0.4 is 5.48 Å². The van der Waals surface area contributed by atoms with Gasteiger partial charge in [0.1, 0.15) is 5.82 Å². The van der Waals surface area contributed by atoms with Crippen LogP contribution in [0.5, 0.6) is 0 Å². The van der Waals surface area contributed by atoms with Crippen LogP contribution >= 0.6 is 0 Å². The van der Waals surface area contributed by atoms with Gasteiger partial charge in [-0.25, -0.2) is 4.39 Å². The van der Waals surface area contributed by atoms with Gasteiger partial charge in [0.2, 0.25) is 0 Å². The molecule has 0 saturated heterocycles. The van der Waals surface area contributed by atoms with Gasteiger partial charge in [0.05, 0.1) is 11.8 Å². The third-order valence-corrected chi connectivity index (χ3v) is 1.26. The lowest BCUT2D eigenvalue weighted by Gasteiger charge is -2.08. The standard InChI is InChI=1S/C9H12FNO/c1-7(2)12-11-9-5-3-8(10)4-6-9/h3-7,11H,1-2H3. The van der Waals surface area contributed by atoms with Crippen LogP contribution in [-0.2, 0) is 4.84 Å². The van der Waals surface area contributed by atoms with Crippen molar-refractivity contribution in [3.63, 3.8) is 0 Å². The van der Waals surface area contributed by atoms with Gasteiger partial charge in [-0.1, -0.05) is 0 Å². The molecule has 0 fully saturated rings. The van der Waals surface area contributed by atoms with Crippen molar-refractivity contribution in [1.29, 1.82) is 0 Å². The Bertz CT molecular complexity index is 233. The van der Waals surface area contributed by atoms with Crippen LogP contribution in [0.3, 0.4) is 0 Å². The van der Waals surface area contributed by atoms with E-state index in [1.807, 2.05) is 13.8 Å². The summed E-state index contributed by atoms with van der Waals surface area (Å²) in [5.41, 5.74) is 3.46. The average Bonchev–Trinajstić information content (AvgIpc) is 2.03. The Morgan fingerprint density at radius 1 is 1.25 bits per heavy atom. The van der Waals surface area contributed by atoms with Crippen LogP contribution in [0.2, 0.25) is 0 Å². The van der Waals surface area contributed by atoms with E-state index in [1.54, 1.807) is 12.1 Å². The summed E-state index contributed by atoms with van der Waals surface area (Å²) in [6.07, 6.45) is 0.107. The molecule has 0 spiro atoms. The fourth-order valence-electron chi connectivity index (χ4n) is 0.704. The topological polar surface area (TPSA) is 21.3 Å². The maximum atomic E-state index is 12.4. The predicted octanol–water partition coefficient (Wildman–Crippen LogP) is 2.58. The lowest BCUT2D eigenvalue weighted by molar-refractivity contribution is 0.130. The largest absolute Gasteiger partial charge is 0.273 e. The summed E-state index contributed by atoms with van der Waals surface area (Å²) in [6, 6.07) is 6.01. The zero-order valence-corrected chi connectivity index (χ0v) is 7.17. The Morgan fingerprint density at radius 2 is 1.83 bits per heavy atom. The molecule has 0 aliphatic rings. The number of hydrogen-bond donors (Lipinski definition) is 1. The van der Waals surface area contributed by atoms with E-state index in [0.29, 0.717) is 0 Å². The van der Waals surface area contributed by atoms with Crippen molar-refractivity contribution in [2.45, 2.75) is 20.0 Å². The van der Waals surface area contributed by atoms with Gasteiger partial charge in [0.15, 0.2) is 0 Å². The number of nitrogens with one attached hydrogen (secondary N) is 1. The monoisotopic (exact) mass is 169 g/mol. The molecule has 0 unspecified atom stereocenters. The van der Waals surface area contributed by atoms with Crippen LogP contribution in [0, 0.1) is 5.82 Å². The summed E-state index contributed by atoms with van der Waals surface area (Å²) in [6.45, 7) is 3.83. The highest BCUT2D eigenvalue weighted by Crippen LogP contribution is 2.08. The van der Waals surface area contributed by atoms with E-state index in [-0.39, 0.29) is 11.9 Å². The predicted molar refractivity (Wildman–Crippen MR) is 46.2 cm³/mol. The molecular weight excluding hydrogens is 157 g/mol. The van der Waals surface area contributed by atoms with E-state index < -0.39 is 0 Å². The SMILES string of the molecule is CC(C)ONc1ccc(F)cc1. The Hall–Kier alpha value is -1.09. The summed E-state index contributed by atoms with van der Waals surface area (Å²) in [4.78, 5) is 5.10. The number of halogens is 1. The van der Waals surface area contributed by atoms with Crippen LogP contribution in [0.4, 0.5) is 10.1 Å². The minimum Gasteiger partial charge on any atom is -0.273 e. The smallest absolute Gasteiger partial charge is 0.123 e. The molecule has 3 heteroatoms. The second-order valence-corrected chi connectivity index (χ2v) is 2.78. The molecule has 0 amide bonds. The zero-order chi connectivity index (χ0) is 8.97. The normalized spacial score (nSPS) is 10.3. The van der Waals surface area contributed by atoms with Crippen LogP contribution in [0.15, 0.2) is 24.3 Å². The Balaban J connectivity index is 2.48. The maximum absolute atomic E-state index is 12.4. The molecule has 1 aromatic carbocycles. The van der Waals surface area contributed by atoms with Crippen molar-refractivity contribution in [1.82, 2.24) is 0 Å². The van der Waals surface area contributed by atoms with Crippen molar-refractivity contribution in [2.24, 2.45) is 0 Å². The molecule has 2 nitrogen and oxygen atoms in total. The van der Waals surface area contributed by atoms with Gasteiger partial charge < -0.3 is 0 Å². The average molecular weight is 169 g/mol. The quantitative estimate of drug-likeness (QED) is 0.702. The van der Waals surface area contributed by atoms with Crippen molar-refractivity contribution in [2.75, 3.05) is 5.48 Å². The van der Waals surface area contributed by atoms with E-state index in [1.165, 1.54) is 12.1 Å². The molecule has 66 valence electrons. The lowest BCUT2D eigenvalue weighted by Crippen LogP contribution is -2.08. The first kappa shape index (κ1) is 9.00. The number of hydrogen-bond acceptors (Lipinski definition) is 2. The molecule has 1 aromatic rings. The first-order chi connectivity index (χ1) is 5.68. The van der Waals surface area contributed by atoms with E-state index in [0.717, 1.165) is 5.69 Å². The van der Waals surface area contributed by atoms with Crippen LogP contribution in [0.1, 0.15) is 13.8 Å². The summed E-state index contributed by atoms with van der Waals surface area (Å²) in [5, 5.41) is 0. The van der Waals surface area contributed by atoms with Crippen LogP contribution in [-0.4, -0.2) is 6.10 Å². The molecule has 12 heavy (non-hydrogen) atoms. The molecule has 0 saturated carbocycles. The zero-order valence-electron chi connectivity index (χ0n) is 7.17. The number of benzene rings is 1. The van der Waals surface area contributed by atoms with Gasteiger partial charge in [-0.05, 0) is 38.1 Å². The molecule has 0 heterocycles. The molecule has 0 aliphatic heterocycles. The fraction of sp³-hybridized carbons (Fsp3) is 0.333. The Kier molecular flexibility index (Phi) is 3.05. The van der Waals surface area contributed by atoms with E-state index >= 15 is 0 Å². The molecule has 1 rings (SSSR count). The van der Waals surface area contributed by atoms with Gasteiger partial charge >= 0.3 is 0 Å². The highest BCUT2D eigenvalue weighted by Gasteiger charge is 1.94. The number of anilines is 1. The summed E-state index contributed by atoms with van der Waals surface area (Å²) in [7, 11) is 0. The van der Waals surface area contributed by atoms with Crippen molar-refractivity contribution in [3.05, 3.63) is 30.1 Å². The molecule has 0 bridgehead atoms. The highest BCUT2D eigenvalue weighted by atomic mass is 19.1. The first-order valence-corrected chi connectivity index (χ1v) is 3.85. The third kappa shape index (κ3) is 2.88. The summed E-state index contributed by atoms with van der Waals surface area (Å²) < 4.78 is 12.4. The molecular formula is C9H12FNO. The molecule has 1 N–H and O–H groups in total. The van der Waals surface area contributed by atoms with Gasteiger partial charge in [-0.15, -0.1) is 0 Å². The Labute approximate surface area is 71.3 Å². The van der Waals surface area contributed by atoms with E-state index in [2.05, 4.69) is 5.48 Å². The second kappa shape index (κ2) is 4.07. The van der Waals surface area contributed by atoms with Crippen LogP contribution in [0.25, 0.3) is 0 Å². The molecule has 0 aliphatic carbocycles. The van der Waals surface area contributed by atoms with E-state index in [9.17, 15) is 4.39 Å². The molecule has 0 atom stereocenters. The Morgan fingerprint density at radius 3 is 2.33 bits per heavy atom.